The molecule has 0 radical (unpaired) electrons. The molecular weight excluding hydrogens is 568 g/mol. The third-order valence-electron chi connectivity index (χ3n) is 7.79. The van der Waals surface area contributed by atoms with E-state index in [1.807, 2.05) is 45.9 Å². The number of aldehydes is 1. The summed E-state index contributed by atoms with van der Waals surface area (Å²) in [6, 6.07) is 4.44. The van der Waals surface area contributed by atoms with Gasteiger partial charge in [-0.2, -0.15) is 11.8 Å². The van der Waals surface area contributed by atoms with Gasteiger partial charge in [0, 0.05) is 50.8 Å². The van der Waals surface area contributed by atoms with Gasteiger partial charge in [-0.1, -0.05) is 40.2 Å². The number of hydrogen-bond acceptors (Lipinski definition) is 9. The number of hydrogen-bond donors (Lipinski definition) is 5. The minimum absolute atomic E-state index is 0.0850. The third kappa shape index (κ3) is 12.5. The number of rotatable bonds is 20. The summed E-state index contributed by atoms with van der Waals surface area (Å²) >= 11 is 1.67. The number of carbonyl (C=O) groups is 4. The molecule has 1 aliphatic heterocycles. The highest BCUT2D eigenvalue weighted by Crippen LogP contribution is 2.21. The van der Waals surface area contributed by atoms with Crippen LogP contribution in [-0.2, 0) is 36.2 Å². The lowest BCUT2D eigenvalue weighted by molar-refractivity contribution is -0.137. The molecule has 0 saturated carbocycles. The van der Waals surface area contributed by atoms with Crippen molar-refractivity contribution in [2.45, 2.75) is 89.7 Å². The van der Waals surface area contributed by atoms with E-state index in [0.717, 1.165) is 17.7 Å². The number of nitrogens with one attached hydrogen (secondary N) is 5. The molecule has 12 heteroatoms. The van der Waals surface area contributed by atoms with Gasteiger partial charge in [-0.3, -0.25) is 19.4 Å². The quantitative estimate of drug-likeness (QED) is 0.109. The van der Waals surface area contributed by atoms with Gasteiger partial charge in [-0.15, -0.1) is 0 Å². The van der Waals surface area contributed by atoms with Crippen LogP contribution in [0.15, 0.2) is 18.2 Å². The van der Waals surface area contributed by atoms with E-state index >= 15 is 0 Å². The lowest BCUT2D eigenvalue weighted by Crippen LogP contribution is -2.63. The maximum absolute atomic E-state index is 13.5. The highest BCUT2D eigenvalue weighted by atomic mass is 32.2. The molecular formula is C31H52N6O5S. The monoisotopic (exact) mass is 620 g/mol. The first-order chi connectivity index (χ1) is 20.7. The van der Waals surface area contributed by atoms with E-state index in [2.05, 4.69) is 31.6 Å². The van der Waals surface area contributed by atoms with Gasteiger partial charge in [-0.25, -0.2) is 0 Å². The molecule has 1 aromatic heterocycles. The Labute approximate surface area is 261 Å². The average Bonchev–Trinajstić information content (AvgIpc) is 3.01. The van der Waals surface area contributed by atoms with Crippen molar-refractivity contribution in [3.63, 3.8) is 0 Å². The van der Waals surface area contributed by atoms with Crippen molar-refractivity contribution in [3.8, 4) is 0 Å². The van der Waals surface area contributed by atoms with E-state index in [-0.39, 0.29) is 29.6 Å². The van der Waals surface area contributed by atoms with Gasteiger partial charge in [0.1, 0.15) is 23.9 Å². The zero-order valence-electron chi connectivity index (χ0n) is 26.5. The first-order valence-corrected chi connectivity index (χ1v) is 16.6. The van der Waals surface area contributed by atoms with Crippen molar-refractivity contribution in [3.05, 3.63) is 29.6 Å². The Bertz CT molecular complexity index is 1020. The minimum atomic E-state index is -0.774. The molecule has 0 unspecified atom stereocenters. The highest BCUT2D eigenvalue weighted by molar-refractivity contribution is 7.98. The Morgan fingerprint density at radius 3 is 2.44 bits per heavy atom. The first kappa shape index (κ1) is 36.7. The van der Waals surface area contributed by atoms with E-state index in [4.69, 9.17) is 4.74 Å². The van der Waals surface area contributed by atoms with E-state index in [9.17, 15) is 19.2 Å². The number of nitrogens with zero attached hydrogens (tertiary/aromatic N) is 1. The van der Waals surface area contributed by atoms with Crippen molar-refractivity contribution >= 4 is 35.8 Å². The van der Waals surface area contributed by atoms with Gasteiger partial charge < -0.3 is 36.1 Å². The van der Waals surface area contributed by atoms with Gasteiger partial charge >= 0.3 is 0 Å². The normalized spacial score (nSPS) is 16.6. The maximum atomic E-state index is 13.5. The van der Waals surface area contributed by atoms with Crippen LogP contribution in [0.2, 0.25) is 0 Å². The molecule has 2 heterocycles. The van der Waals surface area contributed by atoms with Crippen LogP contribution in [0.1, 0.15) is 71.2 Å². The van der Waals surface area contributed by atoms with Gasteiger partial charge in [0.15, 0.2) is 0 Å². The summed E-state index contributed by atoms with van der Waals surface area (Å²) in [7, 11) is 1.76. The zero-order valence-corrected chi connectivity index (χ0v) is 27.3. The summed E-state index contributed by atoms with van der Waals surface area (Å²) in [5.41, 5.74) is 1.10. The lowest BCUT2D eigenvalue weighted by atomic mass is 9.88. The molecule has 2 rings (SSSR count). The molecule has 43 heavy (non-hydrogen) atoms. The van der Waals surface area contributed by atoms with Crippen molar-refractivity contribution in [1.82, 2.24) is 31.6 Å². The van der Waals surface area contributed by atoms with Crippen LogP contribution in [0, 0.1) is 11.8 Å². The molecule has 5 N–H and O–H groups in total. The summed E-state index contributed by atoms with van der Waals surface area (Å²) < 4.78 is 5.45. The van der Waals surface area contributed by atoms with Crippen LogP contribution in [0.4, 0.5) is 0 Å². The predicted molar refractivity (Wildman–Crippen MR) is 170 cm³/mol. The number of amides is 3. The number of ether oxygens (including phenoxy) is 1. The fourth-order valence-corrected chi connectivity index (χ4v) is 5.64. The van der Waals surface area contributed by atoms with E-state index in [1.165, 1.54) is 0 Å². The number of carbonyl (C=O) groups excluding carboxylic acids is 4. The number of thioether (sulfide) groups is 1. The number of pyridine rings is 1. The van der Waals surface area contributed by atoms with E-state index < -0.39 is 17.6 Å². The van der Waals surface area contributed by atoms with Crippen molar-refractivity contribution in [2.24, 2.45) is 11.8 Å². The van der Waals surface area contributed by atoms with Crippen LogP contribution in [-0.4, -0.2) is 85.7 Å². The van der Waals surface area contributed by atoms with Crippen molar-refractivity contribution in [2.75, 3.05) is 39.1 Å². The van der Waals surface area contributed by atoms with Crippen LogP contribution in [0.5, 0.6) is 0 Å². The second-order valence-electron chi connectivity index (χ2n) is 11.6. The zero-order chi connectivity index (χ0) is 31.7. The summed E-state index contributed by atoms with van der Waals surface area (Å²) in [5.74, 6) is 0.696. The standard InChI is InChI=1S/C31H52N6O5S/c1-6-23(4)27(29(40)34-14-18-43-21-25-10-7-9-24(35-25)20-33-13-8-15-38)37-28(39)26(19-22(2)3)36-30(41)31(32-5)11-16-42-17-12-31/h7,9-10,15,22-23,26-27,32-33H,6,8,11-14,16-21H2,1-5H3,(H,34,40)(H,36,41)(H,37,39)/t23-,26-,27-/m0/s1. The summed E-state index contributed by atoms with van der Waals surface area (Å²) in [6.45, 7) is 10.6. The van der Waals surface area contributed by atoms with Gasteiger partial charge in [0.2, 0.25) is 17.7 Å². The smallest absolute Gasteiger partial charge is 0.243 e. The van der Waals surface area contributed by atoms with E-state index in [0.29, 0.717) is 76.5 Å². The van der Waals surface area contributed by atoms with Gasteiger partial charge in [0.05, 0.1) is 11.4 Å². The topological polar surface area (TPSA) is 151 Å². The lowest BCUT2D eigenvalue weighted by Gasteiger charge is -2.37. The molecule has 1 saturated heterocycles. The van der Waals surface area contributed by atoms with Gasteiger partial charge in [-0.05, 0) is 50.3 Å². The predicted octanol–water partition coefficient (Wildman–Crippen LogP) is 1.94. The molecule has 0 aliphatic carbocycles. The molecule has 3 atom stereocenters. The molecule has 3 amide bonds. The minimum Gasteiger partial charge on any atom is -0.381 e. The fourth-order valence-electron chi connectivity index (χ4n) is 4.88. The van der Waals surface area contributed by atoms with Crippen LogP contribution in [0.3, 0.4) is 0 Å². The molecule has 0 bridgehead atoms. The molecule has 1 aliphatic rings. The molecule has 242 valence electrons. The molecule has 0 aromatic carbocycles. The van der Waals surface area contributed by atoms with Crippen molar-refractivity contribution in [1.29, 1.82) is 0 Å². The molecule has 11 nitrogen and oxygen atoms in total. The molecule has 1 aromatic rings. The van der Waals surface area contributed by atoms with Crippen LogP contribution in [0.25, 0.3) is 0 Å². The largest absolute Gasteiger partial charge is 0.381 e. The Morgan fingerprint density at radius 1 is 1.07 bits per heavy atom. The first-order valence-electron chi connectivity index (χ1n) is 15.5. The number of aromatic nitrogens is 1. The SMILES string of the molecule is CC[C@H](C)[C@H](NC(=O)[C@H](CC(C)C)NC(=O)C1(NC)CCOCC1)C(=O)NCCSCc1cccc(CNCCC=O)n1. The third-order valence-corrected chi connectivity index (χ3v) is 8.78. The molecule has 0 spiro atoms. The van der Waals surface area contributed by atoms with E-state index in [1.54, 1.807) is 18.8 Å². The number of likely N-dealkylation sites (N-methyl/N-ethyl adjacent to an activating group) is 1. The Balaban J connectivity index is 1.91. The van der Waals surface area contributed by atoms with Crippen LogP contribution >= 0.6 is 11.8 Å². The average molecular weight is 621 g/mol. The second-order valence-corrected chi connectivity index (χ2v) is 12.7. The Morgan fingerprint density at radius 2 is 1.79 bits per heavy atom. The maximum Gasteiger partial charge on any atom is 0.243 e. The highest BCUT2D eigenvalue weighted by Gasteiger charge is 2.40. The summed E-state index contributed by atoms with van der Waals surface area (Å²) in [4.78, 5) is 55.2. The summed E-state index contributed by atoms with van der Waals surface area (Å²) in [5, 5.41) is 15.3. The van der Waals surface area contributed by atoms with Crippen LogP contribution < -0.4 is 26.6 Å². The molecule has 1 fully saturated rings. The second kappa shape index (κ2) is 19.7. The fraction of sp³-hybridized carbons (Fsp3) is 0.710. The Hall–Kier alpha value is -2.54. The van der Waals surface area contributed by atoms with Crippen molar-refractivity contribution < 1.29 is 23.9 Å². The summed E-state index contributed by atoms with van der Waals surface area (Å²) in [6.07, 6.45) is 3.60. The Kier molecular flexibility index (Phi) is 16.8. The van der Waals surface area contributed by atoms with Gasteiger partial charge in [0.25, 0.3) is 0 Å².